The van der Waals surface area contributed by atoms with E-state index in [4.69, 9.17) is 0 Å². The van der Waals surface area contributed by atoms with Gasteiger partial charge < -0.3 is 15.1 Å². The Morgan fingerprint density at radius 1 is 1.11 bits per heavy atom. The molecule has 28 heavy (non-hydrogen) atoms. The van der Waals surface area contributed by atoms with Crippen LogP contribution in [0.15, 0.2) is 48.7 Å². The summed E-state index contributed by atoms with van der Waals surface area (Å²) in [7, 11) is 0. The summed E-state index contributed by atoms with van der Waals surface area (Å²) in [4.78, 5) is 21.4. The number of benzene rings is 1. The van der Waals surface area contributed by atoms with Crippen molar-refractivity contribution in [3.05, 3.63) is 59.8 Å². The molecule has 1 aliphatic rings. The zero-order valence-electron chi connectivity index (χ0n) is 17.1. The minimum Gasteiger partial charge on any atom is -0.354 e. The van der Waals surface area contributed by atoms with Crippen LogP contribution in [-0.2, 0) is 4.79 Å². The predicted octanol–water partition coefficient (Wildman–Crippen LogP) is 4.00. The van der Waals surface area contributed by atoms with Gasteiger partial charge in [0.2, 0.25) is 5.91 Å². The molecule has 1 fully saturated rings. The van der Waals surface area contributed by atoms with E-state index in [1.165, 1.54) is 5.56 Å². The van der Waals surface area contributed by atoms with Gasteiger partial charge in [0.25, 0.3) is 0 Å². The maximum atomic E-state index is 12.2. The van der Waals surface area contributed by atoms with Crippen molar-refractivity contribution in [3.63, 3.8) is 0 Å². The highest BCUT2D eigenvalue weighted by Crippen LogP contribution is 2.17. The van der Waals surface area contributed by atoms with Crippen molar-refractivity contribution in [1.82, 2.24) is 9.88 Å². The van der Waals surface area contributed by atoms with Crippen LogP contribution in [0.1, 0.15) is 37.8 Å². The molecule has 0 atom stereocenters. The molecular weight excluding hydrogens is 348 g/mol. The summed E-state index contributed by atoms with van der Waals surface area (Å²) in [6.07, 6.45) is 5.11. The van der Waals surface area contributed by atoms with E-state index in [1.54, 1.807) is 12.3 Å². The first-order chi connectivity index (χ1) is 13.5. The van der Waals surface area contributed by atoms with Gasteiger partial charge in [-0.25, -0.2) is 4.98 Å². The summed E-state index contributed by atoms with van der Waals surface area (Å²) in [6.45, 7) is 11.8. The van der Waals surface area contributed by atoms with Gasteiger partial charge in [-0.05, 0) is 41.8 Å². The first-order valence-electron chi connectivity index (χ1n) is 10.1. The predicted molar refractivity (Wildman–Crippen MR) is 117 cm³/mol. The van der Waals surface area contributed by atoms with E-state index in [0.717, 1.165) is 44.1 Å². The maximum Gasteiger partial charge on any atom is 0.248 e. The molecule has 1 N–H and O–H groups in total. The summed E-state index contributed by atoms with van der Waals surface area (Å²) in [5, 5.41) is 2.87. The van der Waals surface area contributed by atoms with Crippen molar-refractivity contribution in [2.75, 3.05) is 42.9 Å². The average molecular weight is 379 g/mol. The Kier molecular flexibility index (Phi) is 6.82. The fraction of sp³-hybridized carbons (Fsp3) is 0.391. The van der Waals surface area contributed by atoms with Crippen LogP contribution in [0.4, 0.5) is 11.5 Å². The van der Waals surface area contributed by atoms with Gasteiger partial charge in [-0.3, -0.25) is 4.79 Å². The van der Waals surface area contributed by atoms with E-state index in [0.29, 0.717) is 11.6 Å². The van der Waals surface area contributed by atoms with E-state index in [9.17, 15) is 4.79 Å². The number of anilines is 2. The first-order valence-corrected chi connectivity index (χ1v) is 10.1. The van der Waals surface area contributed by atoms with Gasteiger partial charge >= 0.3 is 0 Å². The normalized spacial score (nSPS) is 15.4. The average Bonchev–Trinajstić information content (AvgIpc) is 2.73. The van der Waals surface area contributed by atoms with Crippen LogP contribution >= 0.6 is 0 Å². The second kappa shape index (κ2) is 9.51. The number of likely N-dealkylation sites (N-methyl/N-ethyl adjacent to an activating group) is 1. The molecule has 1 aliphatic heterocycles. The van der Waals surface area contributed by atoms with Crippen molar-refractivity contribution in [3.8, 4) is 0 Å². The molecule has 1 aromatic heterocycles. The summed E-state index contributed by atoms with van der Waals surface area (Å²) in [6, 6.07) is 12.2. The molecule has 1 aromatic carbocycles. The lowest BCUT2D eigenvalue weighted by Gasteiger charge is -2.34. The number of pyridine rings is 1. The molecule has 0 unspecified atom stereocenters. The van der Waals surface area contributed by atoms with Crippen molar-refractivity contribution >= 4 is 23.5 Å². The van der Waals surface area contributed by atoms with Crippen LogP contribution in [0.25, 0.3) is 6.08 Å². The molecule has 5 nitrogen and oxygen atoms in total. The maximum absolute atomic E-state index is 12.2. The number of piperazine rings is 1. The standard InChI is InChI=1S/C23H30N4O/c1-4-26-13-15-27(16-14-26)22-11-10-21(17-24-22)25-23(28)12-7-19-5-8-20(9-6-19)18(2)3/h5-12,17-18H,4,13-16H2,1-3H3,(H,25,28)/b12-7+. The number of nitrogens with one attached hydrogen (secondary N) is 1. The number of hydrogen-bond donors (Lipinski definition) is 1. The van der Waals surface area contributed by atoms with Crippen LogP contribution in [-0.4, -0.2) is 48.5 Å². The largest absolute Gasteiger partial charge is 0.354 e. The third kappa shape index (κ3) is 5.42. The highest BCUT2D eigenvalue weighted by molar-refractivity contribution is 6.01. The zero-order valence-corrected chi connectivity index (χ0v) is 17.1. The fourth-order valence-electron chi connectivity index (χ4n) is 3.29. The molecule has 5 heteroatoms. The van der Waals surface area contributed by atoms with Gasteiger partial charge in [0.1, 0.15) is 5.82 Å². The minimum atomic E-state index is -0.154. The van der Waals surface area contributed by atoms with E-state index >= 15 is 0 Å². The van der Waals surface area contributed by atoms with Gasteiger partial charge in [-0.15, -0.1) is 0 Å². The molecule has 3 rings (SSSR count). The number of carbonyl (C=O) groups excluding carboxylic acids is 1. The summed E-state index contributed by atoms with van der Waals surface area (Å²) < 4.78 is 0. The van der Waals surface area contributed by atoms with E-state index in [2.05, 4.69) is 53.0 Å². The second-order valence-corrected chi connectivity index (χ2v) is 7.47. The summed E-state index contributed by atoms with van der Waals surface area (Å²) >= 11 is 0. The van der Waals surface area contributed by atoms with Gasteiger partial charge in [-0.2, -0.15) is 0 Å². The third-order valence-corrected chi connectivity index (χ3v) is 5.19. The first kappa shape index (κ1) is 20.1. The minimum absolute atomic E-state index is 0.154. The molecule has 2 heterocycles. The van der Waals surface area contributed by atoms with Gasteiger partial charge in [0, 0.05) is 32.3 Å². The van der Waals surface area contributed by atoms with Crippen LogP contribution in [0.2, 0.25) is 0 Å². The molecule has 1 saturated heterocycles. The molecule has 0 saturated carbocycles. The highest BCUT2D eigenvalue weighted by atomic mass is 16.1. The van der Waals surface area contributed by atoms with Crippen LogP contribution in [0.5, 0.6) is 0 Å². The van der Waals surface area contributed by atoms with Crippen LogP contribution < -0.4 is 10.2 Å². The van der Waals surface area contributed by atoms with Crippen LogP contribution in [0.3, 0.4) is 0 Å². The third-order valence-electron chi connectivity index (χ3n) is 5.19. The van der Waals surface area contributed by atoms with Crippen molar-refractivity contribution in [2.24, 2.45) is 0 Å². The van der Waals surface area contributed by atoms with E-state index in [-0.39, 0.29) is 5.91 Å². The topological polar surface area (TPSA) is 48.5 Å². The van der Waals surface area contributed by atoms with Gasteiger partial charge in [-0.1, -0.05) is 45.0 Å². The molecule has 2 aromatic rings. The summed E-state index contributed by atoms with van der Waals surface area (Å²) in [5.74, 6) is 1.32. The van der Waals surface area contributed by atoms with Crippen molar-refractivity contribution in [2.45, 2.75) is 26.7 Å². The van der Waals surface area contributed by atoms with Crippen molar-refractivity contribution < 1.29 is 4.79 Å². The molecule has 0 aliphatic carbocycles. The Morgan fingerprint density at radius 3 is 2.39 bits per heavy atom. The van der Waals surface area contributed by atoms with Gasteiger partial charge in [0.15, 0.2) is 0 Å². The Labute approximate surface area is 168 Å². The zero-order chi connectivity index (χ0) is 19.9. The molecule has 0 spiro atoms. The lowest BCUT2D eigenvalue weighted by Crippen LogP contribution is -2.46. The molecule has 0 bridgehead atoms. The number of carbonyl (C=O) groups is 1. The molecule has 148 valence electrons. The molecule has 1 amide bonds. The second-order valence-electron chi connectivity index (χ2n) is 7.47. The number of nitrogens with zero attached hydrogens (tertiary/aromatic N) is 3. The van der Waals surface area contributed by atoms with E-state index < -0.39 is 0 Å². The Hall–Kier alpha value is -2.66. The summed E-state index contributed by atoms with van der Waals surface area (Å²) in [5.41, 5.74) is 3.02. The number of aromatic nitrogens is 1. The highest BCUT2D eigenvalue weighted by Gasteiger charge is 2.16. The van der Waals surface area contributed by atoms with Crippen LogP contribution in [0, 0.1) is 0 Å². The smallest absolute Gasteiger partial charge is 0.248 e. The number of hydrogen-bond acceptors (Lipinski definition) is 4. The lowest BCUT2D eigenvalue weighted by atomic mass is 10.0. The monoisotopic (exact) mass is 378 g/mol. The number of rotatable bonds is 6. The Morgan fingerprint density at radius 2 is 1.82 bits per heavy atom. The lowest BCUT2D eigenvalue weighted by molar-refractivity contribution is -0.111. The Bertz CT molecular complexity index is 788. The van der Waals surface area contributed by atoms with E-state index in [1.807, 2.05) is 30.3 Å². The van der Waals surface area contributed by atoms with Gasteiger partial charge in [0.05, 0.1) is 11.9 Å². The molecular formula is C23H30N4O. The fourth-order valence-corrected chi connectivity index (χ4v) is 3.29. The number of amides is 1. The SMILES string of the molecule is CCN1CCN(c2ccc(NC(=O)/C=C/c3ccc(C(C)C)cc3)cn2)CC1. The van der Waals surface area contributed by atoms with Crippen molar-refractivity contribution in [1.29, 1.82) is 0 Å². The molecule has 0 radical (unpaired) electrons. The quantitative estimate of drug-likeness (QED) is 0.772. The Balaban J connectivity index is 1.53.